The minimum atomic E-state index is 0.163. The van der Waals surface area contributed by atoms with Gasteiger partial charge >= 0.3 is 0 Å². The van der Waals surface area contributed by atoms with Gasteiger partial charge in [-0.25, -0.2) is 9.98 Å². The molecule has 0 bridgehead atoms. The summed E-state index contributed by atoms with van der Waals surface area (Å²) in [6.45, 7) is 17.3. The molecular formula is C24H41N5O2. The Kier molecular flexibility index (Phi) is 9.40. The van der Waals surface area contributed by atoms with Crippen LogP contribution in [-0.4, -0.2) is 79.3 Å². The summed E-state index contributed by atoms with van der Waals surface area (Å²) in [5.41, 5.74) is 1.13. The topological polar surface area (TPSA) is 62.2 Å². The third kappa shape index (κ3) is 7.96. The predicted molar refractivity (Wildman–Crippen MR) is 126 cm³/mol. The van der Waals surface area contributed by atoms with Crippen molar-refractivity contribution in [3.05, 3.63) is 23.9 Å². The number of pyridine rings is 1. The maximum absolute atomic E-state index is 6.01. The van der Waals surface area contributed by atoms with Gasteiger partial charge < -0.3 is 19.7 Å². The fourth-order valence-corrected chi connectivity index (χ4v) is 4.45. The molecule has 2 unspecified atom stereocenters. The normalized spacial score (nSPS) is 21.5. The van der Waals surface area contributed by atoms with Crippen molar-refractivity contribution >= 4 is 5.96 Å². The molecule has 2 aliphatic rings. The van der Waals surface area contributed by atoms with E-state index in [1.165, 1.54) is 13.0 Å². The van der Waals surface area contributed by atoms with E-state index in [1.54, 1.807) is 0 Å². The van der Waals surface area contributed by atoms with Gasteiger partial charge in [-0.15, -0.1) is 0 Å². The van der Waals surface area contributed by atoms with Crippen LogP contribution in [0.3, 0.4) is 0 Å². The van der Waals surface area contributed by atoms with Crippen LogP contribution < -0.4 is 10.1 Å². The van der Waals surface area contributed by atoms with Gasteiger partial charge in [0, 0.05) is 51.5 Å². The van der Waals surface area contributed by atoms with Gasteiger partial charge in [0.25, 0.3) is 0 Å². The van der Waals surface area contributed by atoms with E-state index >= 15 is 0 Å². The van der Waals surface area contributed by atoms with E-state index in [0.717, 1.165) is 63.9 Å². The van der Waals surface area contributed by atoms with E-state index in [-0.39, 0.29) is 6.10 Å². The molecule has 31 heavy (non-hydrogen) atoms. The molecule has 2 saturated heterocycles. The minimum absolute atomic E-state index is 0.163. The van der Waals surface area contributed by atoms with E-state index in [9.17, 15) is 0 Å². The third-order valence-electron chi connectivity index (χ3n) is 5.88. The van der Waals surface area contributed by atoms with Crippen LogP contribution in [0.2, 0.25) is 0 Å². The summed E-state index contributed by atoms with van der Waals surface area (Å²) in [5.74, 6) is 3.01. The van der Waals surface area contributed by atoms with Crippen LogP contribution in [-0.2, 0) is 11.3 Å². The Balaban J connectivity index is 1.55. The Hall–Kier alpha value is -1.86. The monoisotopic (exact) mass is 431 g/mol. The molecule has 3 rings (SSSR count). The summed E-state index contributed by atoms with van der Waals surface area (Å²) in [6, 6.07) is 4.05. The lowest BCUT2D eigenvalue weighted by Crippen LogP contribution is -2.42. The lowest BCUT2D eigenvalue weighted by Gasteiger charge is -2.29. The van der Waals surface area contributed by atoms with Crippen molar-refractivity contribution in [2.45, 2.75) is 53.2 Å². The average molecular weight is 432 g/mol. The first-order valence-corrected chi connectivity index (χ1v) is 12.0. The fraction of sp³-hybridized carbons (Fsp3) is 0.750. The lowest BCUT2D eigenvalue weighted by atomic mass is 10.1. The number of hydrogen-bond donors (Lipinski definition) is 1. The van der Waals surface area contributed by atoms with Crippen molar-refractivity contribution in [3.63, 3.8) is 0 Å². The molecule has 0 aliphatic carbocycles. The first kappa shape index (κ1) is 23.8. The fourth-order valence-electron chi connectivity index (χ4n) is 4.45. The summed E-state index contributed by atoms with van der Waals surface area (Å²) in [5, 5.41) is 3.48. The first-order chi connectivity index (χ1) is 15.0. The summed E-state index contributed by atoms with van der Waals surface area (Å²) in [6.07, 6.45) is 4.23. The van der Waals surface area contributed by atoms with Gasteiger partial charge in [0.15, 0.2) is 5.96 Å². The van der Waals surface area contributed by atoms with Crippen molar-refractivity contribution in [1.29, 1.82) is 0 Å². The van der Waals surface area contributed by atoms with E-state index in [4.69, 9.17) is 14.5 Å². The largest absolute Gasteiger partial charge is 0.475 e. The molecule has 0 aromatic carbocycles. The van der Waals surface area contributed by atoms with E-state index in [2.05, 4.69) is 47.8 Å². The number of rotatable bonds is 9. The first-order valence-electron chi connectivity index (χ1n) is 12.0. The Bertz CT molecular complexity index is 690. The summed E-state index contributed by atoms with van der Waals surface area (Å²) in [4.78, 5) is 14.3. The number of hydrogen-bond acceptors (Lipinski definition) is 5. The molecule has 7 nitrogen and oxygen atoms in total. The maximum atomic E-state index is 6.01. The number of nitrogens with one attached hydrogen (secondary N) is 1. The second-order valence-electron chi connectivity index (χ2n) is 9.24. The SMILES string of the molecule is CCNC(=NCc1ccnc(OC(C)CC(C)C)c1)N1CCC(CN2CCOCC2)C1. The molecule has 0 amide bonds. The predicted octanol–water partition coefficient (Wildman–Crippen LogP) is 3.01. The number of ether oxygens (including phenoxy) is 2. The van der Waals surface area contributed by atoms with Gasteiger partial charge in [0.05, 0.1) is 25.9 Å². The Labute approximate surface area is 188 Å². The summed E-state index contributed by atoms with van der Waals surface area (Å²) in [7, 11) is 0. The van der Waals surface area contributed by atoms with Gasteiger partial charge in [-0.2, -0.15) is 0 Å². The zero-order valence-electron chi connectivity index (χ0n) is 19.8. The number of morpholine rings is 1. The molecule has 7 heteroatoms. The third-order valence-corrected chi connectivity index (χ3v) is 5.88. The maximum Gasteiger partial charge on any atom is 0.213 e. The van der Waals surface area contributed by atoms with E-state index in [0.29, 0.717) is 24.3 Å². The molecule has 3 heterocycles. The number of nitrogens with zero attached hydrogens (tertiary/aromatic N) is 4. The van der Waals surface area contributed by atoms with Gasteiger partial charge in [-0.1, -0.05) is 13.8 Å². The van der Waals surface area contributed by atoms with Crippen LogP contribution in [0, 0.1) is 11.8 Å². The molecule has 0 spiro atoms. The second-order valence-corrected chi connectivity index (χ2v) is 9.24. The van der Waals surface area contributed by atoms with Crippen LogP contribution in [0.15, 0.2) is 23.3 Å². The highest BCUT2D eigenvalue weighted by Gasteiger charge is 2.27. The number of aromatic nitrogens is 1. The van der Waals surface area contributed by atoms with Gasteiger partial charge in [0.1, 0.15) is 0 Å². The van der Waals surface area contributed by atoms with Crippen molar-refractivity contribution in [1.82, 2.24) is 20.1 Å². The number of likely N-dealkylation sites (tertiary alicyclic amines) is 1. The van der Waals surface area contributed by atoms with Crippen LogP contribution in [0.4, 0.5) is 0 Å². The molecule has 0 saturated carbocycles. The van der Waals surface area contributed by atoms with Crippen molar-refractivity contribution < 1.29 is 9.47 Å². The Morgan fingerprint density at radius 1 is 1.29 bits per heavy atom. The molecule has 1 aromatic heterocycles. The molecule has 2 aliphatic heterocycles. The van der Waals surface area contributed by atoms with Gasteiger partial charge in [-0.05, 0) is 50.2 Å². The number of guanidine groups is 1. The molecule has 1 aromatic rings. The molecule has 0 radical (unpaired) electrons. The van der Waals surface area contributed by atoms with E-state index in [1.807, 2.05) is 18.3 Å². The smallest absolute Gasteiger partial charge is 0.213 e. The Morgan fingerprint density at radius 3 is 2.84 bits per heavy atom. The lowest BCUT2D eigenvalue weighted by molar-refractivity contribution is 0.0315. The van der Waals surface area contributed by atoms with Gasteiger partial charge in [-0.3, -0.25) is 4.90 Å². The van der Waals surface area contributed by atoms with Crippen LogP contribution in [0.1, 0.15) is 46.1 Å². The summed E-state index contributed by atoms with van der Waals surface area (Å²) < 4.78 is 11.5. The van der Waals surface area contributed by atoms with Crippen LogP contribution in [0.25, 0.3) is 0 Å². The van der Waals surface area contributed by atoms with Crippen molar-refractivity contribution in [3.8, 4) is 5.88 Å². The van der Waals surface area contributed by atoms with E-state index < -0.39 is 0 Å². The Morgan fingerprint density at radius 2 is 2.10 bits per heavy atom. The molecule has 2 atom stereocenters. The highest BCUT2D eigenvalue weighted by Crippen LogP contribution is 2.19. The zero-order chi connectivity index (χ0) is 22.1. The second kappa shape index (κ2) is 12.2. The standard InChI is InChI=1S/C24H41N5O2/c1-5-25-24(29-9-7-22(18-29)17-28-10-12-30-13-11-28)27-16-21-6-8-26-23(15-21)31-20(4)14-19(2)3/h6,8,15,19-20,22H,5,7,9-14,16-18H2,1-4H3,(H,25,27). The minimum Gasteiger partial charge on any atom is -0.475 e. The highest BCUT2D eigenvalue weighted by molar-refractivity contribution is 5.80. The van der Waals surface area contributed by atoms with Crippen LogP contribution >= 0.6 is 0 Å². The van der Waals surface area contributed by atoms with Crippen molar-refractivity contribution in [2.75, 3.05) is 52.5 Å². The molecule has 1 N–H and O–H groups in total. The molecule has 2 fully saturated rings. The average Bonchev–Trinajstić information content (AvgIpc) is 3.19. The van der Waals surface area contributed by atoms with Gasteiger partial charge in [0.2, 0.25) is 5.88 Å². The molecular weight excluding hydrogens is 390 g/mol. The van der Waals surface area contributed by atoms with Crippen molar-refractivity contribution in [2.24, 2.45) is 16.8 Å². The van der Waals surface area contributed by atoms with Crippen LogP contribution in [0.5, 0.6) is 5.88 Å². The summed E-state index contributed by atoms with van der Waals surface area (Å²) >= 11 is 0. The quantitative estimate of drug-likeness (QED) is 0.479. The highest BCUT2D eigenvalue weighted by atomic mass is 16.5. The molecule has 174 valence electrons. The number of aliphatic imine (C=N–C) groups is 1. The zero-order valence-corrected chi connectivity index (χ0v) is 19.8.